The van der Waals surface area contributed by atoms with Crippen LogP contribution in [0, 0.1) is 5.92 Å². The molecule has 0 spiro atoms. The number of piperidine rings is 1. The molecule has 7 heteroatoms. The second-order valence-corrected chi connectivity index (χ2v) is 9.25. The van der Waals surface area contributed by atoms with Gasteiger partial charge in [0.2, 0.25) is 15.8 Å². The summed E-state index contributed by atoms with van der Waals surface area (Å²) in [5, 5.41) is 3.99. The summed E-state index contributed by atoms with van der Waals surface area (Å²) in [6.45, 7) is 3.31. The topological polar surface area (TPSA) is 76.3 Å². The summed E-state index contributed by atoms with van der Waals surface area (Å²) in [6, 6.07) is 16.5. The van der Waals surface area contributed by atoms with E-state index in [1.807, 2.05) is 36.4 Å². The summed E-state index contributed by atoms with van der Waals surface area (Å²) < 4.78 is 32.5. The minimum atomic E-state index is -3.46. The molecule has 0 amide bonds. The maximum atomic E-state index is 12.8. The average Bonchev–Trinajstić information content (AvgIpc) is 3.22. The Morgan fingerprint density at radius 1 is 1.00 bits per heavy atom. The molecular weight excluding hydrogens is 386 g/mol. The van der Waals surface area contributed by atoms with Crippen LogP contribution in [0.1, 0.15) is 31.2 Å². The molecule has 2 heterocycles. The molecule has 150 valence electrons. The molecule has 1 aliphatic heterocycles. The first-order valence-corrected chi connectivity index (χ1v) is 11.1. The van der Waals surface area contributed by atoms with Crippen molar-refractivity contribution >= 4 is 22.2 Å². The van der Waals surface area contributed by atoms with Crippen LogP contribution < -0.4 is 0 Å². The van der Waals surface area contributed by atoms with Crippen LogP contribution in [0.5, 0.6) is 0 Å². The van der Waals surface area contributed by atoms with Crippen molar-refractivity contribution in [1.29, 1.82) is 0 Å². The highest BCUT2D eigenvalue weighted by Gasteiger charge is 2.28. The van der Waals surface area contributed by atoms with Crippen molar-refractivity contribution in [3.8, 4) is 11.4 Å². The number of benzene rings is 2. The summed E-state index contributed by atoms with van der Waals surface area (Å²) in [6.07, 6.45) is 5.45. The van der Waals surface area contributed by atoms with Crippen LogP contribution in [0.25, 0.3) is 23.5 Å². The lowest BCUT2D eigenvalue weighted by Gasteiger charge is -2.29. The van der Waals surface area contributed by atoms with Crippen molar-refractivity contribution in [3.63, 3.8) is 0 Å². The van der Waals surface area contributed by atoms with Crippen molar-refractivity contribution in [1.82, 2.24) is 14.4 Å². The lowest BCUT2D eigenvalue weighted by molar-refractivity contribution is 0.288. The Balaban J connectivity index is 1.48. The van der Waals surface area contributed by atoms with Gasteiger partial charge in [0.15, 0.2) is 0 Å². The maximum Gasteiger partial charge on any atom is 0.250 e. The van der Waals surface area contributed by atoms with Crippen molar-refractivity contribution < 1.29 is 12.9 Å². The molecule has 1 aliphatic rings. The Bertz CT molecular complexity index is 1080. The Morgan fingerprint density at radius 3 is 2.38 bits per heavy atom. The summed E-state index contributed by atoms with van der Waals surface area (Å²) >= 11 is 0. The van der Waals surface area contributed by atoms with E-state index in [-0.39, 0.29) is 0 Å². The van der Waals surface area contributed by atoms with Gasteiger partial charge in [0.1, 0.15) is 0 Å². The van der Waals surface area contributed by atoms with E-state index in [0.717, 1.165) is 18.4 Å². The van der Waals surface area contributed by atoms with Gasteiger partial charge in [-0.15, -0.1) is 0 Å². The molecular formula is C22H23N3O3S. The molecule has 29 heavy (non-hydrogen) atoms. The van der Waals surface area contributed by atoms with Crippen LogP contribution in [0.3, 0.4) is 0 Å². The third-order valence-corrected chi connectivity index (χ3v) is 7.07. The van der Waals surface area contributed by atoms with Crippen molar-refractivity contribution in [2.45, 2.75) is 24.7 Å². The molecule has 0 aliphatic carbocycles. The summed E-state index contributed by atoms with van der Waals surface area (Å²) in [4.78, 5) is 4.66. The van der Waals surface area contributed by atoms with Gasteiger partial charge in [-0.25, -0.2) is 8.42 Å². The zero-order valence-electron chi connectivity index (χ0n) is 16.2. The van der Waals surface area contributed by atoms with Crippen LogP contribution in [0.2, 0.25) is 0 Å². The maximum absolute atomic E-state index is 12.8. The lowest BCUT2D eigenvalue weighted by Crippen LogP contribution is -2.37. The Morgan fingerprint density at radius 2 is 1.69 bits per heavy atom. The van der Waals surface area contributed by atoms with Gasteiger partial charge in [0.05, 0.1) is 4.90 Å². The molecule has 0 N–H and O–H groups in total. The standard InChI is InChI=1S/C22H23N3O3S/c1-17-13-15-25(16-14-17)29(26,27)20-10-8-19(9-11-20)22-23-21(28-24-22)12-7-18-5-3-2-4-6-18/h2-12,17H,13-16H2,1H3/b12-7+. The fourth-order valence-corrected chi connectivity index (χ4v) is 4.77. The third-order valence-electron chi connectivity index (χ3n) is 5.15. The normalized spacial score (nSPS) is 16.4. The van der Waals surface area contributed by atoms with Gasteiger partial charge in [-0.1, -0.05) is 42.4 Å². The number of aromatic nitrogens is 2. The lowest BCUT2D eigenvalue weighted by atomic mass is 10.0. The van der Waals surface area contributed by atoms with Gasteiger partial charge in [-0.2, -0.15) is 9.29 Å². The Kier molecular flexibility index (Phi) is 5.60. The average molecular weight is 410 g/mol. The Labute approximate surface area is 170 Å². The van der Waals surface area contributed by atoms with Crippen LogP contribution in [-0.2, 0) is 10.0 Å². The highest BCUT2D eigenvalue weighted by Crippen LogP contribution is 2.25. The molecule has 0 radical (unpaired) electrons. The molecule has 0 bridgehead atoms. The SMILES string of the molecule is CC1CCN(S(=O)(=O)c2ccc(-c3noc(/C=C/c4ccccc4)n3)cc2)CC1. The van der Waals surface area contributed by atoms with Crippen molar-refractivity contribution in [2.24, 2.45) is 5.92 Å². The van der Waals surface area contributed by atoms with E-state index in [4.69, 9.17) is 4.52 Å². The summed E-state index contributed by atoms with van der Waals surface area (Å²) in [5.74, 6) is 1.39. The smallest absolute Gasteiger partial charge is 0.250 e. The number of nitrogens with zero attached hydrogens (tertiary/aromatic N) is 3. The van der Waals surface area contributed by atoms with Crippen LogP contribution in [-0.4, -0.2) is 36.0 Å². The Hall–Kier alpha value is -2.77. The fraction of sp³-hybridized carbons (Fsp3) is 0.273. The van der Waals surface area contributed by atoms with Gasteiger partial charge in [0, 0.05) is 24.7 Å². The van der Waals surface area contributed by atoms with E-state index in [1.54, 1.807) is 34.6 Å². The van der Waals surface area contributed by atoms with Crippen LogP contribution >= 0.6 is 0 Å². The predicted octanol–water partition coefficient (Wildman–Crippen LogP) is 4.33. The molecule has 2 aromatic carbocycles. The third kappa shape index (κ3) is 4.46. The number of rotatable bonds is 5. The number of hydrogen-bond donors (Lipinski definition) is 0. The van der Waals surface area contributed by atoms with Gasteiger partial charge in [-0.05, 0) is 54.7 Å². The van der Waals surface area contributed by atoms with Crippen molar-refractivity contribution in [3.05, 3.63) is 66.1 Å². The van der Waals surface area contributed by atoms with Gasteiger partial charge in [0.25, 0.3) is 5.89 Å². The van der Waals surface area contributed by atoms with Crippen LogP contribution in [0.4, 0.5) is 0 Å². The van der Waals surface area contributed by atoms with E-state index in [9.17, 15) is 8.42 Å². The summed E-state index contributed by atoms with van der Waals surface area (Å²) in [7, 11) is -3.46. The second kappa shape index (κ2) is 8.31. The predicted molar refractivity (Wildman–Crippen MR) is 112 cm³/mol. The molecule has 1 saturated heterocycles. The van der Waals surface area contributed by atoms with E-state index in [2.05, 4.69) is 17.1 Å². The van der Waals surface area contributed by atoms with E-state index in [0.29, 0.717) is 41.2 Å². The molecule has 0 unspecified atom stereocenters. The quantitative estimate of drug-likeness (QED) is 0.627. The number of hydrogen-bond acceptors (Lipinski definition) is 5. The first kappa shape index (κ1) is 19.5. The highest BCUT2D eigenvalue weighted by molar-refractivity contribution is 7.89. The molecule has 1 fully saturated rings. The minimum absolute atomic E-state index is 0.295. The zero-order valence-corrected chi connectivity index (χ0v) is 17.0. The highest BCUT2D eigenvalue weighted by atomic mass is 32.2. The molecule has 6 nitrogen and oxygen atoms in total. The monoisotopic (exact) mass is 409 g/mol. The zero-order chi connectivity index (χ0) is 20.3. The van der Waals surface area contributed by atoms with Gasteiger partial charge >= 0.3 is 0 Å². The largest absolute Gasteiger partial charge is 0.334 e. The molecule has 4 rings (SSSR count). The molecule has 0 atom stereocenters. The fourth-order valence-electron chi connectivity index (χ4n) is 3.30. The van der Waals surface area contributed by atoms with E-state index >= 15 is 0 Å². The molecule has 3 aromatic rings. The van der Waals surface area contributed by atoms with E-state index < -0.39 is 10.0 Å². The van der Waals surface area contributed by atoms with E-state index in [1.165, 1.54) is 0 Å². The van der Waals surface area contributed by atoms with Gasteiger partial charge < -0.3 is 4.52 Å². The molecule has 1 aromatic heterocycles. The van der Waals surface area contributed by atoms with Crippen molar-refractivity contribution in [2.75, 3.05) is 13.1 Å². The molecule has 0 saturated carbocycles. The first-order chi connectivity index (χ1) is 14.0. The van der Waals surface area contributed by atoms with Crippen LogP contribution in [0.15, 0.2) is 64.0 Å². The second-order valence-electron chi connectivity index (χ2n) is 7.31. The number of sulfonamides is 1. The minimum Gasteiger partial charge on any atom is -0.334 e. The van der Waals surface area contributed by atoms with Gasteiger partial charge in [-0.3, -0.25) is 0 Å². The summed E-state index contributed by atoms with van der Waals surface area (Å²) in [5.41, 5.74) is 1.74. The first-order valence-electron chi connectivity index (χ1n) is 9.70.